The first kappa shape index (κ1) is 14.6. The van der Waals surface area contributed by atoms with Crippen molar-refractivity contribution in [3.63, 3.8) is 0 Å². The Kier molecular flexibility index (Phi) is 3.77. The highest BCUT2D eigenvalue weighted by Crippen LogP contribution is 2.52. The highest BCUT2D eigenvalue weighted by atomic mass is 16.1. The maximum absolute atomic E-state index is 12.1. The summed E-state index contributed by atoms with van der Waals surface area (Å²) < 4.78 is 0. The first-order valence-corrected chi connectivity index (χ1v) is 8.57. The molecule has 1 saturated carbocycles. The number of amides is 1. The van der Waals surface area contributed by atoms with E-state index in [9.17, 15) is 4.79 Å². The summed E-state index contributed by atoms with van der Waals surface area (Å²) in [6, 6.07) is 10.6. The molecule has 2 aromatic rings. The van der Waals surface area contributed by atoms with Crippen LogP contribution in [0.5, 0.6) is 0 Å². The molecule has 1 aromatic carbocycles. The Balaban J connectivity index is 1.28. The molecule has 2 heterocycles. The van der Waals surface area contributed by atoms with Crippen LogP contribution in [0.15, 0.2) is 36.5 Å². The molecule has 0 unspecified atom stereocenters. The van der Waals surface area contributed by atoms with Gasteiger partial charge in [-0.05, 0) is 42.7 Å². The third-order valence-electron chi connectivity index (χ3n) is 5.27. The van der Waals surface area contributed by atoms with Gasteiger partial charge in [0.1, 0.15) is 0 Å². The molecule has 1 amide bonds. The van der Waals surface area contributed by atoms with E-state index in [4.69, 9.17) is 0 Å². The molecule has 2 fully saturated rings. The van der Waals surface area contributed by atoms with E-state index in [1.807, 2.05) is 12.3 Å². The molecule has 4 heteroatoms. The molecule has 4 rings (SSSR count). The Labute approximate surface area is 136 Å². The van der Waals surface area contributed by atoms with E-state index >= 15 is 0 Å². The lowest BCUT2D eigenvalue weighted by molar-refractivity contribution is -0.121. The van der Waals surface area contributed by atoms with Gasteiger partial charge in [0.15, 0.2) is 0 Å². The summed E-state index contributed by atoms with van der Waals surface area (Å²) in [4.78, 5) is 16.6. The lowest BCUT2D eigenvalue weighted by Gasteiger charge is -2.11. The van der Waals surface area contributed by atoms with Gasteiger partial charge in [0, 0.05) is 37.1 Å². The number of carbonyl (C=O) groups is 1. The van der Waals surface area contributed by atoms with Gasteiger partial charge in [0.25, 0.3) is 0 Å². The molecule has 2 N–H and O–H groups in total. The fraction of sp³-hybridized carbons (Fsp3) is 0.474. The largest absolute Gasteiger partial charge is 0.356 e. The summed E-state index contributed by atoms with van der Waals surface area (Å²) in [7, 11) is 0. The predicted octanol–water partition coefficient (Wildman–Crippen LogP) is 2.43. The summed E-state index contributed by atoms with van der Waals surface area (Å²) in [5.41, 5.74) is 2.79. The number of pyridine rings is 1. The van der Waals surface area contributed by atoms with Crippen LogP contribution in [0.4, 0.5) is 0 Å². The summed E-state index contributed by atoms with van der Waals surface area (Å²) >= 11 is 0. The van der Waals surface area contributed by atoms with Crippen LogP contribution in [0.3, 0.4) is 0 Å². The average molecular weight is 309 g/mol. The lowest BCUT2D eigenvalue weighted by atomic mass is 10.0. The van der Waals surface area contributed by atoms with E-state index in [1.165, 1.54) is 24.8 Å². The molecule has 1 saturated heterocycles. The highest BCUT2D eigenvalue weighted by molar-refractivity contribution is 5.81. The normalized spacial score (nSPS) is 21.7. The van der Waals surface area contributed by atoms with Gasteiger partial charge in [-0.1, -0.05) is 24.3 Å². The molecule has 0 radical (unpaired) electrons. The van der Waals surface area contributed by atoms with Crippen LogP contribution < -0.4 is 10.6 Å². The summed E-state index contributed by atoms with van der Waals surface area (Å²) in [5.74, 6) is 0.161. The van der Waals surface area contributed by atoms with Gasteiger partial charge in [0.05, 0.1) is 5.52 Å². The number of nitrogens with one attached hydrogen (secondary N) is 2. The van der Waals surface area contributed by atoms with Crippen molar-refractivity contribution in [2.24, 2.45) is 5.41 Å². The second-order valence-corrected chi connectivity index (χ2v) is 7.08. The Morgan fingerprint density at radius 3 is 3.00 bits per heavy atom. The first-order valence-electron chi connectivity index (χ1n) is 8.57. The van der Waals surface area contributed by atoms with Crippen molar-refractivity contribution >= 4 is 16.8 Å². The number of carbonyl (C=O) groups excluding carboxylic acids is 1. The van der Waals surface area contributed by atoms with Crippen molar-refractivity contribution in [3.05, 3.63) is 42.1 Å². The monoisotopic (exact) mass is 309 g/mol. The molecule has 1 aliphatic heterocycles. The number of rotatable bonds is 5. The quantitative estimate of drug-likeness (QED) is 0.892. The summed E-state index contributed by atoms with van der Waals surface area (Å²) in [6.45, 7) is 1.78. The minimum atomic E-state index is 0.161. The van der Waals surface area contributed by atoms with Crippen LogP contribution in [-0.2, 0) is 11.2 Å². The number of fused-ring (bicyclic) bond motifs is 1. The van der Waals surface area contributed by atoms with Crippen molar-refractivity contribution in [3.8, 4) is 0 Å². The predicted molar refractivity (Wildman–Crippen MR) is 91.1 cm³/mol. The Morgan fingerprint density at radius 1 is 1.30 bits per heavy atom. The molecule has 0 bridgehead atoms. The van der Waals surface area contributed by atoms with E-state index in [0.717, 1.165) is 23.9 Å². The molecular formula is C19H23N3O. The van der Waals surface area contributed by atoms with Gasteiger partial charge >= 0.3 is 0 Å². The second-order valence-electron chi connectivity index (χ2n) is 7.08. The molecule has 120 valence electrons. The zero-order valence-electron chi connectivity index (χ0n) is 13.3. The van der Waals surface area contributed by atoms with E-state index in [2.05, 4.69) is 39.9 Å². The maximum atomic E-state index is 12.1. The van der Waals surface area contributed by atoms with Gasteiger partial charge in [-0.2, -0.15) is 0 Å². The van der Waals surface area contributed by atoms with Crippen LogP contribution in [-0.4, -0.2) is 30.0 Å². The minimum absolute atomic E-state index is 0.161. The minimum Gasteiger partial charge on any atom is -0.356 e. The Bertz CT molecular complexity index is 718. The van der Waals surface area contributed by atoms with Crippen LogP contribution in [0, 0.1) is 5.41 Å². The van der Waals surface area contributed by atoms with Crippen LogP contribution in [0.25, 0.3) is 10.9 Å². The molecule has 1 aliphatic carbocycles. The van der Waals surface area contributed by atoms with Crippen molar-refractivity contribution < 1.29 is 4.79 Å². The Hall–Kier alpha value is -1.94. The number of para-hydroxylation sites is 1. The molecule has 1 atom stereocenters. The number of hydrogen-bond donors (Lipinski definition) is 2. The molecular weight excluding hydrogens is 286 g/mol. The highest BCUT2D eigenvalue weighted by Gasteiger charge is 2.48. The van der Waals surface area contributed by atoms with Crippen molar-refractivity contribution in [1.29, 1.82) is 0 Å². The molecule has 4 nitrogen and oxygen atoms in total. The van der Waals surface area contributed by atoms with E-state index < -0.39 is 0 Å². The zero-order valence-corrected chi connectivity index (χ0v) is 13.3. The maximum Gasteiger partial charge on any atom is 0.221 e. The van der Waals surface area contributed by atoms with Gasteiger partial charge in [-0.15, -0.1) is 0 Å². The topological polar surface area (TPSA) is 54.0 Å². The molecule has 1 aromatic heterocycles. The van der Waals surface area contributed by atoms with Crippen molar-refractivity contribution in [2.45, 2.75) is 38.1 Å². The number of hydrogen-bond acceptors (Lipinski definition) is 3. The van der Waals surface area contributed by atoms with E-state index in [-0.39, 0.29) is 5.91 Å². The van der Waals surface area contributed by atoms with Crippen molar-refractivity contribution in [2.75, 3.05) is 13.1 Å². The third-order valence-corrected chi connectivity index (χ3v) is 5.27. The number of nitrogens with zero attached hydrogens (tertiary/aromatic N) is 1. The molecule has 23 heavy (non-hydrogen) atoms. The van der Waals surface area contributed by atoms with Crippen LogP contribution in [0.1, 0.15) is 31.2 Å². The van der Waals surface area contributed by atoms with Gasteiger partial charge in [0.2, 0.25) is 5.91 Å². The fourth-order valence-corrected chi connectivity index (χ4v) is 3.73. The van der Waals surface area contributed by atoms with E-state index in [0.29, 0.717) is 24.4 Å². The van der Waals surface area contributed by atoms with Crippen LogP contribution >= 0.6 is 0 Å². The lowest BCUT2D eigenvalue weighted by Crippen LogP contribution is -2.32. The first-order chi connectivity index (χ1) is 11.2. The number of aromatic nitrogens is 1. The van der Waals surface area contributed by atoms with Gasteiger partial charge < -0.3 is 10.6 Å². The molecule has 2 aliphatic rings. The Morgan fingerprint density at radius 2 is 2.17 bits per heavy atom. The van der Waals surface area contributed by atoms with Gasteiger partial charge in [-0.3, -0.25) is 9.78 Å². The smallest absolute Gasteiger partial charge is 0.221 e. The zero-order chi connectivity index (χ0) is 15.7. The van der Waals surface area contributed by atoms with Crippen LogP contribution in [0.2, 0.25) is 0 Å². The van der Waals surface area contributed by atoms with Gasteiger partial charge in [-0.25, -0.2) is 0 Å². The summed E-state index contributed by atoms with van der Waals surface area (Å²) in [5, 5.41) is 7.72. The molecule has 1 spiro atoms. The summed E-state index contributed by atoms with van der Waals surface area (Å²) in [6.07, 6.45) is 7.10. The average Bonchev–Trinajstić information content (AvgIpc) is 3.20. The van der Waals surface area contributed by atoms with E-state index in [1.54, 1.807) is 0 Å². The fourth-order valence-electron chi connectivity index (χ4n) is 3.73. The van der Waals surface area contributed by atoms with Crippen molar-refractivity contribution in [1.82, 2.24) is 15.6 Å². The third kappa shape index (κ3) is 3.22. The standard InChI is InChI=1S/C19H23N3O/c23-17(11-16-12-19(7-8-19)13-22-16)20-10-6-15-4-1-3-14-5-2-9-21-18(14)15/h1-5,9,16,22H,6-8,10-13H2,(H,20,23)/t16-/m1/s1. The number of benzene rings is 1. The second kappa shape index (κ2) is 5.93. The SMILES string of the molecule is O=C(C[C@@H]1CC2(CC2)CN1)NCCc1cccc2cccnc12.